The molecule has 1 N–H and O–H groups in total. The SMILES string of the molecule is C=CC(=O)C1CNCCO1.O=S(=O)([O-])C=Cc1ccccc1.[Na+]. The first-order chi connectivity index (χ1) is 10.4. The van der Waals surface area contributed by atoms with Crippen LogP contribution in [0, 0.1) is 0 Å². The van der Waals surface area contributed by atoms with E-state index in [0.29, 0.717) is 24.1 Å². The minimum atomic E-state index is -4.25. The third kappa shape index (κ3) is 10.6. The van der Waals surface area contributed by atoms with Crippen LogP contribution in [0.3, 0.4) is 0 Å². The van der Waals surface area contributed by atoms with Gasteiger partial charge < -0.3 is 14.6 Å². The van der Waals surface area contributed by atoms with Gasteiger partial charge in [0.25, 0.3) is 0 Å². The number of ether oxygens (including phenoxy) is 1. The van der Waals surface area contributed by atoms with Crippen molar-refractivity contribution in [1.82, 2.24) is 5.32 Å². The Hall–Kier alpha value is -0.800. The van der Waals surface area contributed by atoms with Gasteiger partial charge in [0.2, 0.25) is 0 Å². The number of morpholine rings is 1. The van der Waals surface area contributed by atoms with Gasteiger partial charge in [-0.05, 0) is 17.7 Å². The first kappa shape index (κ1) is 22.2. The number of hydrogen-bond acceptors (Lipinski definition) is 6. The summed E-state index contributed by atoms with van der Waals surface area (Å²) in [5.41, 5.74) is 0.692. The summed E-state index contributed by atoms with van der Waals surface area (Å²) in [7, 11) is -4.25. The van der Waals surface area contributed by atoms with Crippen LogP contribution < -0.4 is 34.9 Å². The molecule has 120 valence electrons. The standard InChI is InChI=1S/C8H8O3S.C7H11NO2.Na/c9-12(10,11)7-6-8-4-2-1-3-5-8;1-2-6(9)7-5-8-3-4-10-7;/h1-7H,(H,9,10,11);2,7-8H,1,3-5H2;/q;;+1/p-1. The number of benzene rings is 1. The number of ketones is 1. The van der Waals surface area contributed by atoms with Crippen molar-refractivity contribution in [2.24, 2.45) is 0 Å². The van der Waals surface area contributed by atoms with Crippen LogP contribution in [0.25, 0.3) is 6.08 Å². The first-order valence-electron chi connectivity index (χ1n) is 6.60. The maximum absolute atomic E-state index is 10.9. The van der Waals surface area contributed by atoms with Crippen molar-refractivity contribution >= 4 is 22.0 Å². The first-order valence-corrected chi connectivity index (χ1v) is 8.07. The van der Waals surface area contributed by atoms with E-state index in [4.69, 9.17) is 4.74 Å². The second kappa shape index (κ2) is 11.7. The third-order valence-corrected chi connectivity index (χ3v) is 3.14. The number of carbonyl (C=O) groups excluding carboxylic acids is 1. The topological polar surface area (TPSA) is 95.5 Å². The van der Waals surface area contributed by atoms with E-state index in [9.17, 15) is 17.8 Å². The summed E-state index contributed by atoms with van der Waals surface area (Å²) in [5.74, 6) is -0.0350. The van der Waals surface area contributed by atoms with Gasteiger partial charge in [-0.15, -0.1) is 0 Å². The van der Waals surface area contributed by atoms with Crippen LogP contribution in [0.2, 0.25) is 0 Å². The van der Waals surface area contributed by atoms with Crippen LogP contribution in [-0.4, -0.2) is 44.6 Å². The molecule has 0 amide bonds. The minimum absolute atomic E-state index is 0. The molecule has 1 fully saturated rings. The number of hydrogen-bond donors (Lipinski definition) is 1. The summed E-state index contributed by atoms with van der Waals surface area (Å²) in [5, 5.41) is 3.70. The van der Waals surface area contributed by atoms with Crippen molar-refractivity contribution in [1.29, 1.82) is 0 Å². The van der Waals surface area contributed by atoms with Crippen LogP contribution in [-0.2, 0) is 19.6 Å². The monoisotopic (exact) mass is 347 g/mol. The molecular weight excluding hydrogens is 329 g/mol. The Morgan fingerprint density at radius 1 is 1.35 bits per heavy atom. The summed E-state index contributed by atoms with van der Waals surface area (Å²) < 4.78 is 35.6. The van der Waals surface area contributed by atoms with Crippen LogP contribution in [0.15, 0.2) is 48.4 Å². The molecule has 0 aliphatic carbocycles. The molecule has 0 saturated carbocycles. The van der Waals surface area contributed by atoms with Gasteiger partial charge in [0, 0.05) is 18.5 Å². The molecule has 1 aliphatic heterocycles. The summed E-state index contributed by atoms with van der Waals surface area (Å²) in [4.78, 5) is 10.9. The fraction of sp³-hybridized carbons (Fsp3) is 0.267. The normalized spacial score (nSPS) is 17.5. The summed E-state index contributed by atoms with van der Waals surface area (Å²) in [6.45, 7) is 5.44. The molecule has 0 radical (unpaired) electrons. The Bertz CT molecular complexity index is 610. The summed E-state index contributed by atoms with van der Waals surface area (Å²) in [6.07, 6.45) is 2.27. The fourth-order valence-corrected chi connectivity index (χ4v) is 1.93. The molecule has 6 nitrogen and oxygen atoms in total. The zero-order valence-electron chi connectivity index (χ0n) is 13.0. The Labute approximate surface area is 158 Å². The second-order valence-electron chi connectivity index (χ2n) is 4.38. The molecule has 0 spiro atoms. The molecule has 1 aliphatic rings. The van der Waals surface area contributed by atoms with Crippen molar-refractivity contribution in [3.05, 3.63) is 54.0 Å². The molecule has 1 aromatic rings. The molecule has 1 unspecified atom stereocenters. The largest absolute Gasteiger partial charge is 1.00 e. The molecular formula is C15H18NNaO5S. The number of carbonyl (C=O) groups is 1. The summed E-state index contributed by atoms with van der Waals surface area (Å²) in [6, 6.07) is 8.75. The molecule has 1 atom stereocenters. The van der Waals surface area contributed by atoms with Gasteiger partial charge in [0.1, 0.15) is 16.2 Å². The molecule has 2 rings (SSSR count). The van der Waals surface area contributed by atoms with Crippen LogP contribution >= 0.6 is 0 Å². The van der Waals surface area contributed by atoms with E-state index >= 15 is 0 Å². The molecule has 1 aromatic carbocycles. The van der Waals surface area contributed by atoms with Crippen LogP contribution in [0.4, 0.5) is 0 Å². The third-order valence-electron chi connectivity index (χ3n) is 2.67. The van der Waals surface area contributed by atoms with E-state index in [2.05, 4.69) is 11.9 Å². The number of rotatable bonds is 4. The van der Waals surface area contributed by atoms with Crippen molar-refractivity contribution in [3.63, 3.8) is 0 Å². The second-order valence-corrected chi connectivity index (χ2v) is 5.63. The fourth-order valence-electron chi connectivity index (χ4n) is 1.61. The average Bonchev–Trinajstić information content (AvgIpc) is 2.54. The Balaban J connectivity index is 0.000000409. The van der Waals surface area contributed by atoms with Gasteiger partial charge in [-0.1, -0.05) is 36.9 Å². The van der Waals surface area contributed by atoms with Gasteiger partial charge in [-0.25, -0.2) is 8.42 Å². The van der Waals surface area contributed by atoms with Crippen molar-refractivity contribution in [2.75, 3.05) is 19.7 Å². The van der Waals surface area contributed by atoms with E-state index in [1.807, 2.05) is 6.07 Å². The molecule has 8 heteroatoms. The minimum Gasteiger partial charge on any atom is -0.744 e. The van der Waals surface area contributed by atoms with E-state index in [0.717, 1.165) is 6.54 Å². The predicted molar refractivity (Wildman–Crippen MR) is 83.0 cm³/mol. The molecule has 1 heterocycles. The molecule has 1 saturated heterocycles. The number of nitrogens with one attached hydrogen (secondary N) is 1. The Morgan fingerprint density at radius 3 is 2.48 bits per heavy atom. The average molecular weight is 347 g/mol. The van der Waals surface area contributed by atoms with Gasteiger partial charge >= 0.3 is 29.6 Å². The zero-order valence-corrected chi connectivity index (χ0v) is 15.8. The van der Waals surface area contributed by atoms with E-state index < -0.39 is 10.1 Å². The van der Waals surface area contributed by atoms with Crippen molar-refractivity contribution in [3.8, 4) is 0 Å². The van der Waals surface area contributed by atoms with E-state index in [1.165, 1.54) is 12.2 Å². The van der Waals surface area contributed by atoms with Gasteiger partial charge in [0.05, 0.1) is 6.61 Å². The van der Waals surface area contributed by atoms with E-state index in [1.54, 1.807) is 24.3 Å². The molecule has 0 aromatic heterocycles. The van der Waals surface area contributed by atoms with Gasteiger partial charge in [-0.3, -0.25) is 4.79 Å². The smallest absolute Gasteiger partial charge is 0.744 e. The molecule has 23 heavy (non-hydrogen) atoms. The molecule has 0 bridgehead atoms. The quantitative estimate of drug-likeness (QED) is 0.382. The predicted octanol–water partition coefficient (Wildman–Crippen LogP) is -2.06. The van der Waals surface area contributed by atoms with Crippen molar-refractivity contribution in [2.45, 2.75) is 6.10 Å². The maximum atomic E-state index is 10.9. The zero-order chi connectivity index (χ0) is 16.4. The van der Waals surface area contributed by atoms with Gasteiger partial charge in [0.15, 0.2) is 5.78 Å². The Morgan fingerprint density at radius 2 is 2.00 bits per heavy atom. The van der Waals surface area contributed by atoms with Crippen LogP contribution in [0.5, 0.6) is 0 Å². The Kier molecular flexibility index (Phi) is 11.3. The summed E-state index contributed by atoms with van der Waals surface area (Å²) >= 11 is 0. The van der Waals surface area contributed by atoms with E-state index in [-0.39, 0.29) is 41.4 Å². The maximum Gasteiger partial charge on any atom is 1.00 e. The van der Waals surface area contributed by atoms with Gasteiger partial charge in [-0.2, -0.15) is 0 Å². The van der Waals surface area contributed by atoms with Crippen LogP contribution in [0.1, 0.15) is 5.56 Å². The van der Waals surface area contributed by atoms with Crippen molar-refractivity contribution < 1.29 is 52.1 Å².